The van der Waals surface area contributed by atoms with E-state index in [2.05, 4.69) is 24.1 Å². The van der Waals surface area contributed by atoms with Crippen molar-refractivity contribution in [2.24, 2.45) is 22.1 Å². The van der Waals surface area contributed by atoms with Crippen molar-refractivity contribution in [3.8, 4) is 0 Å². The Kier molecular flexibility index (Phi) is 12.5. The minimum Gasteiger partial charge on any atom is -0.194 e. The fraction of sp³-hybridized carbons (Fsp3) is 1.00. The van der Waals surface area contributed by atoms with Gasteiger partial charge in [-0.1, -0.05) is 41.5 Å². The predicted molar refractivity (Wildman–Crippen MR) is 55.6 cm³/mol. The lowest BCUT2D eigenvalue weighted by atomic mass is 9.96. The van der Waals surface area contributed by atoms with Crippen LogP contribution in [0.15, 0.2) is 10.2 Å². The molecule has 1 heterocycles. The largest absolute Gasteiger partial charge is 0.194 e. The van der Waals surface area contributed by atoms with Gasteiger partial charge in [-0.05, 0) is 11.8 Å². The standard InChI is InChI=1S/C6H12N2.2C2H6/c1-5-3-7-8-4-6(5)2;2*1-2/h5-6H,3-4H2,1-2H3;2*1-2H3. The van der Waals surface area contributed by atoms with Gasteiger partial charge >= 0.3 is 0 Å². The van der Waals surface area contributed by atoms with Gasteiger partial charge in [0.25, 0.3) is 0 Å². The molecule has 0 aromatic heterocycles. The van der Waals surface area contributed by atoms with E-state index in [-0.39, 0.29) is 0 Å². The van der Waals surface area contributed by atoms with E-state index < -0.39 is 0 Å². The second kappa shape index (κ2) is 10.6. The van der Waals surface area contributed by atoms with Gasteiger partial charge in [0, 0.05) is 0 Å². The monoisotopic (exact) mass is 172 g/mol. The zero-order chi connectivity index (χ0) is 9.98. The quantitative estimate of drug-likeness (QED) is 0.531. The third kappa shape index (κ3) is 6.32. The Morgan fingerprint density at radius 3 is 1.17 bits per heavy atom. The van der Waals surface area contributed by atoms with Crippen molar-refractivity contribution < 1.29 is 0 Å². The molecule has 2 unspecified atom stereocenters. The van der Waals surface area contributed by atoms with Crippen molar-refractivity contribution in [3.05, 3.63) is 0 Å². The molecule has 74 valence electrons. The maximum atomic E-state index is 3.93. The second-order valence-corrected chi connectivity index (χ2v) is 2.60. The van der Waals surface area contributed by atoms with Crippen LogP contribution in [0.4, 0.5) is 0 Å². The van der Waals surface area contributed by atoms with Crippen LogP contribution in [0.3, 0.4) is 0 Å². The third-order valence-electron chi connectivity index (χ3n) is 1.81. The molecule has 2 nitrogen and oxygen atoms in total. The van der Waals surface area contributed by atoms with Crippen LogP contribution in [0.25, 0.3) is 0 Å². The van der Waals surface area contributed by atoms with E-state index in [4.69, 9.17) is 0 Å². The normalized spacial score (nSPS) is 26.2. The maximum absolute atomic E-state index is 3.93. The summed E-state index contributed by atoms with van der Waals surface area (Å²) in [6.45, 7) is 14.3. The van der Waals surface area contributed by atoms with Crippen LogP contribution in [0, 0.1) is 11.8 Å². The molecule has 2 heteroatoms. The SMILES string of the molecule is CC.CC.CC1CN=NCC1C. The highest BCUT2D eigenvalue weighted by Crippen LogP contribution is 2.15. The lowest BCUT2D eigenvalue weighted by Crippen LogP contribution is -2.17. The summed E-state index contributed by atoms with van der Waals surface area (Å²) in [7, 11) is 0. The molecule has 0 radical (unpaired) electrons. The molecule has 2 atom stereocenters. The van der Waals surface area contributed by atoms with Crippen LogP contribution < -0.4 is 0 Å². The lowest BCUT2D eigenvalue weighted by molar-refractivity contribution is 0.363. The molecular weight excluding hydrogens is 148 g/mol. The van der Waals surface area contributed by atoms with E-state index in [0.29, 0.717) is 0 Å². The second-order valence-electron chi connectivity index (χ2n) is 2.60. The number of rotatable bonds is 0. The van der Waals surface area contributed by atoms with E-state index in [0.717, 1.165) is 24.9 Å². The van der Waals surface area contributed by atoms with Gasteiger partial charge in [-0.2, -0.15) is 10.2 Å². The molecule has 1 aliphatic rings. The van der Waals surface area contributed by atoms with Gasteiger partial charge in [-0.15, -0.1) is 0 Å². The molecule has 0 fully saturated rings. The lowest BCUT2D eigenvalue weighted by Gasteiger charge is -2.18. The molecule has 0 saturated heterocycles. The summed E-state index contributed by atoms with van der Waals surface area (Å²) in [5.74, 6) is 1.49. The molecular formula is C10H24N2. The van der Waals surface area contributed by atoms with Crippen LogP contribution in [-0.4, -0.2) is 13.1 Å². The van der Waals surface area contributed by atoms with Gasteiger partial charge in [0.05, 0.1) is 13.1 Å². The molecule has 1 rings (SSSR count). The molecule has 0 N–H and O–H groups in total. The van der Waals surface area contributed by atoms with Crippen LogP contribution in [0.5, 0.6) is 0 Å². The Morgan fingerprint density at radius 2 is 1.00 bits per heavy atom. The van der Waals surface area contributed by atoms with Crippen LogP contribution in [0.2, 0.25) is 0 Å². The van der Waals surface area contributed by atoms with Gasteiger partial charge in [0.2, 0.25) is 0 Å². The van der Waals surface area contributed by atoms with Gasteiger partial charge < -0.3 is 0 Å². The summed E-state index contributed by atoms with van der Waals surface area (Å²) in [5.41, 5.74) is 0. The van der Waals surface area contributed by atoms with Crippen LogP contribution >= 0.6 is 0 Å². The highest BCUT2D eigenvalue weighted by molar-refractivity contribution is 4.68. The first kappa shape index (κ1) is 14.1. The minimum atomic E-state index is 0.743. The van der Waals surface area contributed by atoms with Crippen molar-refractivity contribution in [3.63, 3.8) is 0 Å². The molecule has 12 heavy (non-hydrogen) atoms. The van der Waals surface area contributed by atoms with E-state index in [1.165, 1.54) is 0 Å². The van der Waals surface area contributed by atoms with Gasteiger partial charge in [0.15, 0.2) is 0 Å². The van der Waals surface area contributed by atoms with E-state index >= 15 is 0 Å². The number of hydrogen-bond acceptors (Lipinski definition) is 2. The zero-order valence-electron chi connectivity index (χ0n) is 9.46. The number of nitrogens with zero attached hydrogens (tertiary/aromatic N) is 2. The predicted octanol–water partition coefficient (Wildman–Crippen LogP) is 3.78. The summed E-state index contributed by atoms with van der Waals surface area (Å²) in [5, 5.41) is 7.87. The Morgan fingerprint density at radius 1 is 0.750 bits per heavy atom. The zero-order valence-corrected chi connectivity index (χ0v) is 9.46. The molecule has 0 saturated carbocycles. The first-order valence-corrected chi connectivity index (χ1v) is 5.14. The third-order valence-corrected chi connectivity index (χ3v) is 1.81. The molecule has 0 bridgehead atoms. The molecule has 0 amide bonds. The highest BCUT2D eigenvalue weighted by atomic mass is 15.1. The smallest absolute Gasteiger partial charge is 0.0627 e. The first-order valence-electron chi connectivity index (χ1n) is 5.14. The van der Waals surface area contributed by atoms with Gasteiger partial charge in [-0.3, -0.25) is 0 Å². The van der Waals surface area contributed by atoms with Crippen molar-refractivity contribution in [2.75, 3.05) is 13.1 Å². The summed E-state index contributed by atoms with van der Waals surface area (Å²) >= 11 is 0. The van der Waals surface area contributed by atoms with Crippen LogP contribution in [0.1, 0.15) is 41.5 Å². The average molecular weight is 172 g/mol. The molecule has 0 spiro atoms. The van der Waals surface area contributed by atoms with Crippen molar-refractivity contribution in [2.45, 2.75) is 41.5 Å². The number of hydrogen-bond donors (Lipinski definition) is 0. The van der Waals surface area contributed by atoms with E-state index in [1.807, 2.05) is 27.7 Å². The maximum Gasteiger partial charge on any atom is 0.0627 e. The molecule has 1 aliphatic heterocycles. The Labute approximate surface area is 77.5 Å². The fourth-order valence-corrected chi connectivity index (χ4v) is 0.733. The van der Waals surface area contributed by atoms with Crippen molar-refractivity contribution in [1.82, 2.24) is 0 Å². The van der Waals surface area contributed by atoms with Gasteiger partial charge in [0.1, 0.15) is 0 Å². The summed E-state index contributed by atoms with van der Waals surface area (Å²) in [4.78, 5) is 0. The fourth-order valence-electron chi connectivity index (χ4n) is 0.733. The Bertz CT molecular complexity index is 88.0. The Balaban J connectivity index is 0. The highest BCUT2D eigenvalue weighted by Gasteiger charge is 2.13. The van der Waals surface area contributed by atoms with E-state index in [9.17, 15) is 0 Å². The minimum absolute atomic E-state index is 0.743. The Hall–Kier alpha value is -0.400. The average Bonchev–Trinajstić information content (AvgIpc) is 2.17. The summed E-state index contributed by atoms with van der Waals surface area (Å²) in [6, 6.07) is 0. The summed E-state index contributed by atoms with van der Waals surface area (Å²) in [6.07, 6.45) is 0. The van der Waals surface area contributed by atoms with E-state index in [1.54, 1.807) is 0 Å². The van der Waals surface area contributed by atoms with Crippen molar-refractivity contribution in [1.29, 1.82) is 0 Å². The molecule has 0 aromatic carbocycles. The topological polar surface area (TPSA) is 24.7 Å². The van der Waals surface area contributed by atoms with Crippen molar-refractivity contribution >= 4 is 0 Å². The summed E-state index contributed by atoms with van der Waals surface area (Å²) < 4.78 is 0. The van der Waals surface area contributed by atoms with Crippen LogP contribution in [-0.2, 0) is 0 Å². The van der Waals surface area contributed by atoms with Gasteiger partial charge in [-0.25, -0.2) is 0 Å². The molecule has 0 aromatic rings. The molecule has 0 aliphatic carbocycles. The first-order chi connectivity index (χ1) is 5.80. The number of azo groups is 1.